The number of fused-ring (bicyclic) bond motifs is 3. The van der Waals surface area contributed by atoms with Crippen molar-refractivity contribution in [2.45, 2.75) is 16.7 Å². The monoisotopic (exact) mass is 357 g/mol. The predicted octanol–water partition coefficient (Wildman–Crippen LogP) is 0.923. The molecule has 0 spiro atoms. The summed E-state index contributed by atoms with van der Waals surface area (Å²) in [5.74, 6) is 0. The van der Waals surface area contributed by atoms with Gasteiger partial charge in [0.15, 0.2) is 0 Å². The molecule has 1 heterocycles. The van der Waals surface area contributed by atoms with Gasteiger partial charge in [-0.3, -0.25) is 9.11 Å². The van der Waals surface area contributed by atoms with Gasteiger partial charge in [0.05, 0.1) is 0 Å². The van der Waals surface area contributed by atoms with Gasteiger partial charge in [-0.05, 0) is 30.7 Å². The van der Waals surface area contributed by atoms with Gasteiger partial charge in [0.2, 0.25) is 0 Å². The summed E-state index contributed by atoms with van der Waals surface area (Å²) in [6, 6.07) is 3.69. The summed E-state index contributed by atoms with van der Waals surface area (Å²) < 4.78 is 65.6. The van der Waals surface area contributed by atoms with Gasteiger partial charge in [-0.2, -0.15) is 31.8 Å². The van der Waals surface area contributed by atoms with Crippen LogP contribution in [0.5, 0.6) is 0 Å². The summed E-state index contributed by atoms with van der Waals surface area (Å²) in [5.41, 5.74) is 0.558. The Hall–Kier alpha value is -2.08. The number of aryl methyl sites for hydroxylation is 2. The molecule has 11 heteroatoms. The zero-order valence-corrected chi connectivity index (χ0v) is 13.6. The van der Waals surface area contributed by atoms with Gasteiger partial charge in [-0.1, -0.05) is 0 Å². The summed E-state index contributed by atoms with van der Waals surface area (Å²) in [5, 5.41) is 7.78. The smallest absolute Gasteiger partial charge is 0.282 e. The molecule has 0 radical (unpaired) electrons. The molecule has 0 unspecified atom stereocenters. The Bertz CT molecular complexity index is 1180. The fraction of sp³-hybridized carbons (Fsp3) is 0.167. The first-order valence-corrected chi connectivity index (χ1v) is 9.10. The lowest BCUT2D eigenvalue weighted by molar-refractivity contribution is 0.481. The molecule has 0 fully saturated rings. The predicted molar refractivity (Wildman–Crippen MR) is 80.4 cm³/mol. The van der Waals surface area contributed by atoms with Crippen LogP contribution in [0.1, 0.15) is 5.56 Å². The molecule has 0 aliphatic carbocycles. The van der Waals surface area contributed by atoms with E-state index in [1.165, 1.54) is 26.1 Å². The second kappa shape index (κ2) is 4.71. The highest BCUT2D eigenvalue weighted by Crippen LogP contribution is 2.34. The summed E-state index contributed by atoms with van der Waals surface area (Å²) in [4.78, 5) is 0.128. The lowest BCUT2D eigenvalue weighted by atomic mass is 10.1. The van der Waals surface area contributed by atoms with Gasteiger partial charge in [-0.25, -0.2) is 0 Å². The highest BCUT2D eigenvalue weighted by Gasteiger charge is 2.25. The zero-order chi connectivity index (χ0) is 17.2. The zero-order valence-electron chi connectivity index (χ0n) is 11.9. The van der Waals surface area contributed by atoms with Crippen molar-refractivity contribution in [1.29, 1.82) is 0 Å². The molecule has 0 atom stereocenters. The molecule has 2 aromatic carbocycles. The number of rotatable bonds is 2. The molecule has 23 heavy (non-hydrogen) atoms. The topological polar surface area (TPSA) is 139 Å². The molecule has 0 aliphatic heterocycles. The van der Waals surface area contributed by atoms with Crippen LogP contribution in [0.2, 0.25) is 0 Å². The van der Waals surface area contributed by atoms with Crippen LogP contribution < -0.4 is 0 Å². The van der Waals surface area contributed by atoms with Crippen LogP contribution in [-0.4, -0.2) is 40.9 Å². The van der Waals surface area contributed by atoms with Crippen molar-refractivity contribution in [3.05, 3.63) is 23.8 Å². The van der Waals surface area contributed by atoms with Crippen LogP contribution in [-0.2, 0) is 27.3 Å². The van der Waals surface area contributed by atoms with E-state index in [0.29, 0.717) is 5.56 Å². The largest absolute Gasteiger partial charge is 0.295 e. The molecule has 122 valence electrons. The summed E-state index contributed by atoms with van der Waals surface area (Å²) >= 11 is 0. The van der Waals surface area contributed by atoms with Crippen molar-refractivity contribution in [2.24, 2.45) is 7.05 Å². The third kappa shape index (κ3) is 2.57. The SMILES string of the molecule is Cc1cc(S(=O)(=O)O)c2c(c1)c(S(=O)(=O)O)cc1nn(C)nc12. The number of aromatic nitrogens is 3. The third-order valence-electron chi connectivity index (χ3n) is 3.31. The van der Waals surface area contributed by atoms with E-state index in [4.69, 9.17) is 0 Å². The average Bonchev–Trinajstić information content (AvgIpc) is 2.74. The van der Waals surface area contributed by atoms with E-state index >= 15 is 0 Å². The second-order valence-electron chi connectivity index (χ2n) is 5.07. The van der Waals surface area contributed by atoms with Crippen LogP contribution in [0.3, 0.4) is 0 Å². The molecule has 2 N–H and O–H groups in total. The minimum Gasteiger partial charge on any atom is -0.282 e. The summed E-state index contributed by atoms with van der Waals surface area (Å²) in [7, 11) is -7.82. The van der Waals surface area contributed by atoms with Gasteiger partial charge in [0.25, 0.3) is 20.2 Å². The minimum atomic E-state index is -4.65. The highest BCUT2D eigenvalue weighted by molar-refractivity contribution is 7.86. The van der Waals surface area contributed by atoms with E-state index in [2.05, 4.69) is 10.2 Å². The molecule has 0 amide bonds. The van der Waals surface area contributed by atoms with Crippen LogP contribution in [0.4, 0.5) is 0 Å². The molecule has 0 saturated carbocycles. The maximum atomic E-state index is 11.7. The van der Waals surface area contributed by atoms with Gasteiger partial charge in [0, 0.05) is 17.8 Å². The van der Waals surface area contributed by atoms with E-state index in [0.717, 1.165) is 10.9 Å². The molecule has 9 nitrogen and oxygen atoms in total. The normalized spacial score (nSPS) is 13.0. The number of hydrogen-bond donors (Lipinski definition) is 2. The van der Waals surface area contributed by atoms with E-state index in [9.17, 15) is 25.9 Å². The van der Waals surface area contributed by atoms with Crippen molar-refractivity contribution in [3.63, 3.8) is 0 Å². The van der Waals surface area contributed by atoms with Gasteiger partial charge in [-0.15, -0.1) is 0 Å². The second-order valence-corrected chi connectivity index (χ2v) is 7.85. The molecule has 3 rings (SSSR count). The number of benzene rings is 2. The van der Waals surface area contributed by atoms with Crippen LogP contribution >= 0.6 is 0 Å². The highest BCUT2D eigenvalue weighted by atomic mass is 32.2. The lowest BCUT2D eigenvalue weighted by Gasteiger charge is -2.09. The van der Waals surface area contributed by atoms with Crippen molar-refractivity contribution in [3.8, 4) is 0 Å². The Morgan fingerprint density at radius 3 is 2.13 bits per heavy atom. The average molecular weight is 357 g/mol. The van der Waals surface area contributed by atoms with Crippen molar-refractivity contribution in [1.82, 2.24) is 15.0 Å². The van der Waals surface area contributed by atoms with E-state index < -0.39 is 30.0 Å². The first kappa shape index (κ1) is 15.8. The molecular weight excluding hydrogens is 346 g/mol. The van der Waals surface area contributed by atoms with Gasteiger partial charge in [0.1, 0.15) is 20.8 Å². The van der Waals surface area contributed by atoms with Crippen molar-refractivity contribution < 1.29 is 25.9 Å². The van der Waals surface area contributed by atoms with E-state index in [1.807, 2.05) is 0 Å². The standard InChI is InChI=1S/C12H11N3O6S2/c1-6-3-7-9(22(16,17)18)5-8-12(14-15(2)13-8)11(7)10(4-6)23(19,20)21/h3-5H,1-2H3,(H,16,17,18)(H,19,20,21). The lowest BCUT2D eigenvalue weighted by Crippen LogP contribution is -2.04. The Morgan fingerprint density at radius 2 is 1.57 bits per heavy atom. The van der Waals surface area contributed by atoms with Crippen LogP contribution in [0, 0.1) is 6.92 Å². The molecular formula is C12H11N3O6S2. The molecule has 0 bridgehead atoms. The Kier molecular flexibility index (Phi) is 3.23. The molecule has 0 saturated heterocycles. The maximum absolute atomic E-state index is 11.7. The first-order chi connectivity index (χ1) is 10.5. The van der Waals surface area contributed by atoms with Gasteiger partial charge >= 0.3 is 0 Å². The van der Waals surface area contributed by atoms with Crippen molar-refractivity contribution >= 4 is 42.0 Å². The van der Waals surface area contributed by atoms with Crippen LogP contribution in [0.25, 0.3) is 21.8 Å². The minimum absolute atomic E-state index is 0.0619. The number of hydrogen-bond acceptors (Lipinski definition) is 6. The van der Waals surface area contributed by atoms with Crippen LogP contribution in [0.15, 0.2) is 28.0 Å². The third-order valence-corrected chi connectivity index (χ3v) is 5.08. The van der Waals surface area contributed by atoms with Gasteiger partial charge < -0.3 is 0 Å². The molecule has 1 aromatic heterocycles. The fourth-order valence-corrected chi connectivity index (χ4v) is 4.01. The quantitative estimate of drug-likeness (QED) is 0.645. The van der Waals surface area contributed by atoms with E-state index in [-0.39, 0.29) is 21.8 Å². The first-order valence-electron chi connectivity index (χ1n) is 6.22. The Labute approximate surface area is 131 Å². The van der Waals surface area contributed by atoms with Crippen molar-refractivity contribution in [2.75, 3.05) is 0 Å². The molecule has 0 aliphatic rings. The summed E-state index contributed by atoms with van der Waals surface area (Å²) in [6.45, 7) is 1.53. The maximum Gasteiger partial charge on any atom is 0.295 e. The number of nitrogens with zero attached hydrogens (tertiary/aromatic N) is 3. The Morgan fingerprint density at radius 1 is 0.957 bits per heavy atom. The Balaban J connectivity index is 2.75. The van der Waals surface area contributed by atoms with E-state index in [1.54, 1.807) is 0 Å². The molecule has 3 aromatic rings. The summed E-state index contributed by atoms with van der Waals surface area (Å²) in [6.07, 6.45) is 0. The fourth-order valence-electron chi connectivity index (χ4n) is 2.51.